The number of halogens is 3. The van der Waals surface area contributed by atoms with Crippen LogP contribution in [-0.2, 0) is 28.7 Å². The highest BCUT2D eigenvalue weighted by Crippen LogP contribution is 2.59. The zero-order valence-electron chi connectivity index (χ0n) is 38.1. The number of carbonyl (C=O) groups excluding carboxylic acids is 3. The molecule has 0 aliphatic carbocycles. The molecule has 0 spiro atoms. The molecule has 0 radical (unpaired) electrons. The molecule has 1 aromatic rings. The van der Waals surface area contributed by atoms with Crippen LogP contribution >= 0.6 is 0 Å². The fourth-order valence-corrected chi connectivity index (χ4v) is 8.53. The van der Waals surface area contributed by atoms with E-state index in [0.717, 1.165) is 5.56 Å². The number of piperidine rings is 1. The van der Waals surface area contributed by atoms with Crippen molar-refractivity contribution in [1.82, 2.24) is 5.06 Å². The second-order valence-electron chi connectivity index (χ2n) is 21.1. The minimum atomic E-state index is -4.73. The van der Waals surface area contributed by atoms with Gasteiger partial charge in [-0.15, -0.1) is 0 Å². The summed E-state index contributed by atoms with van der Waals surface area (Å²) in [4.78, 5) is 48.8. The summed E-state index contributed by atoms with van der Waals surface area (Å²) in [6.07, 6.45) is -2.67. The van der Waals surface area contributed by atoms with Crippen LogP contribution in [0.3, 0.4) is 0 Å². The summed E-state index contributed by atoms with van der Waals surface area (Å²) in [6, 6.07) is 10.1. The monoisotopic (exact) mass is 796 g/mol. The van der Waals surface area contributed by atoms with E-state index in [-0.39, 0.29) is 48.5 Å². The summed E-state index contributed by atoms with van der Waals surface area (Å²) >= 11 is 0. The highest BCUT2D eigenvalue weighted by atomic mass is 19.4. The number of ether oxygens (including phenoxy) is 2. The first kappa shape index (κ1) is 49.7. The summed E-state index contributed by atoms with van der Waals surface area (Å²) < 4.78 is 52.1. The number of rotatable bonds is 17. The molecular weight excluding hydrogens is 720 g/mol. The molecule has 1 fully saturated rings. The standard InChI is InChI=1S/C46H76F3NO6/c1-19-43(16)27-35(51)32(4)45(18,20-2)50(43)55-29-41(12,13)44(17,37(53)54-30-46(47,48)49)28-40(10,11)42(14,15)34(36(52)56-38(5,6)7)26-39(8,9)31(3)33-24-22-21-23-25-33/h21-25,31-32,34H,19-20,26-30H2,1-18H3. The second kappa shape index (κ2) is 17.0. The number of benzene rings is 1. The third-order valence-electron chi connectivity index (χ3n) is 14.6. The van der Waals surface area contributed by atoms with E-state index < -0.39 is 63.0 Å². The van der Waals surface area contributed by atoms with E-state index >= 15 is 0 Å². The molecule has 6 atom stereocenters. The summed E-state index contributed by atoms with van der Waals surface area (Å²) in [5.41, 5.74) is -5.64. The largest absolute Gasteiger partial charge is 0.460 e. The summed E-state index contributed by atoms with van der Waals surface area (Å²) in [6.45, 7) is 33.4. The van der Waals surface area contributed by atoms with Crippen molar-refractivity contribution in [2.24, 2.45) is 38.9 Å². The molecule has 2 rings (SSSR count). The fraction of sp³-hybridized carbons (Fsp3) is 0.804. The van der Waals surface area contributed by atoms with Crippen LogP contribution in [0.4, 0.5) is 13.2 Å². The van der Waals surface area contributed by atoms with Gasteiger partial charge in [-0.05, 0) is 95.0 Å². The Labute approximate surface area is 337 Å². The third kappa shape index (κ3) is 10.8. The molecule has 0 bridgehead atoms. The minimum Gasteiger partial charge on any atom is -0.460 e. The molecule has 322 valence electrons. The Bertz CT molecular complexity index is 1510. The molecule has 1 heterocycles. The van der Waals surface area contributed by atoms with E-state index in [1.54, 1.807) is 6.92 Å². The maximum absolute atomic E-state index is 14.4. The molecule has 0 aromatic heterocycles. The van der Waals surface area contributed by atoms with Crippen LogP contribution < -0.4 is 0 Å². The lowest BCUT2D eigenvalue weighted by molar-refractivity contribution is -0.310. The maximum atomic E-state index is 14.4. The topological polar surface area (TPSA) is 82.1 Å². The molecule has 7 nitrogen and oxygen atoms in total. The lowest BCUT2D eigenvalue weighted by atomic mass is 9.50. The van der Waals surface area contributed by atoms with Gasteiger partial charge in [-0.1, -0.05) is 113 Å². The molecular formula is C46H76F3NO6. The van der Waals surface area contributed by atoms with Gasteiger partial charge in [0.1, 0.15) is 11.4 Å². The number of alkyl halides is 3. The number of esters is 2. The second-order valence-corrected chi connectivity index (χ2v) is 21.1. The number of hydrogen-bond acceptors (Lipinski definition) is 7. The fourth-order valence-electron chi connectivity index (χ4n) is 8.53. The Morgan fingerprint density at radius 1 is 0.857 bits per heavy atom. The molecule has 1 aromatic carbocycles. The molecule has 1 aliphatic heterocycles. The number of hydrogen-bond donors (Lipinski definition) is 0. The minimum absolute atomic E-state index is 0.0374. The molecule has 0 N–H and O–H groups in total. The van der Waals surface area contributed by atoms with Crippen LogP contribution in [0.5, 0.6) is 0 Å². The van der Waals surface area contributed by atoms with Crippen molar-refractivity contribution >= 4 is 17.7 Å². The van der Waals surface area contributed by atoms with Crippen LogP contribution in [0.2, 0.25) is 0 Å². The van der Waals surface area contributed by atoms with Gasteiger partial charge in [0.15, 0.2) is 6.61 Å². The van der Waals surface area contributed by atoms with E-state index in [9.17, 15) is 27.6 Å². The van der Waals surface area contributed by atoms with Crippen LogP contribution in [0.25, 0.3) is 0 Å². The molecule has 1 saturated heterocycles. The summed E-state index contributed by atoms with van der Waals surface area (Å²) in [5.74, 6) is -2.10. The Morgan fingerprint density at radius 3 is 1.86 bits per heavy atom. The quantitative estimate of drug-likeness (QED) is 0.145. The summed E-state index contributed by atoms with van der Waals surface area (Å²) in [7, 11) is 0. The van der Waals surface area contributed by atoms with Crippen LogP contribution in [-0.4, -0.2) is 58.9 Å². The van der Waals surface area contributed by atoms with E-state index in [2.05, 4.69) is 32.9 Å². The lowest BCUT2D eigenvalue weighted by Gasteiger charge is -2.57. The zero-order valence-corrected chi connectivity index (χ0v) is 38.1. The highest BCUT2D eigenvalue weighted by molar-refractivity contribution is 5.84. The number of nitrogens with zero attached hydrogens (tertiary/aromatic N) is 1. The Kier molecular flexibility index (Phi) is 15.1. The SMILES string of the molecule is CCC1(C)CC(=O)C(C)C(C)(CC)N1OCC(C)(C)C(C)(CC(C)(C)C(C)(C)C(CC(C)(C)C(C)c1ccccc1)C(=O)OC(C)(C)C)C(=O)OCC(F)(F)F. The van der Waals surface area contributed by atoms with Gasteiger partial charge in [0, 0.05) is 17.8 Å². The molecule has 10 heteroatoms. The Morgan fingerprint density at radius 2 is 1.39 bits per heavy atom. The van der Waals surface area contributed by atoms with Crippen molar-refractivity contribution in [2.45, 2.75) is 186 Å². The van der Waals surface area contributed by atoms with Crippen molar-refractivity contribution in [3.05, 3.63) is 35.9 Å². The predicted octanol–water partition coefficient (Wildman–Crippen LogP) is 11.9. The first-order valence-electron chi connectivity index (χ1n) is 20.6. The maximum Gasteiger partial charge on any atom is 0.422 e. The lowest BCUT2D eigenvalue weighted by Crippen LogP contribution is -2.67. The van der Waals surface area contributed by atoms with Gasteiger partial charge in [-0.2, -0.15) is 18.2 Å². The van der Waals surface area contributed by atoms with E-state index in [0.29, 0.717) is 19.3 Å². The molecule has 6 unspecified atom stereocenters. The third-order valence-corrected chi connectivity index (χ3v) is 14.6. The van der Waals surface area contributed by atoms with Gasteiger partial charge in [-0.3, -0.25) is 19.2 Å². The van der Waals surface area contributed by atoms with Crippen molar-refractivity contribution in [3.63, 3.8) is 0 Å². The van der Waals surface area contributed by atoms with Gasteiger partial charge in [0.05, 0.1) is 29.0 Å². The Balaban J connectivity index is 2.72. The normalized spacial score (nSPS) is 24.3. The van der Waals surface area contributed by atoms with Gasteiger partial charge >= 0.3 is 18.1 Å². The smallest absolute Gasteiger partial charge is 0.422 e. The van der Waals surface area contributed by atoms with E-state index in [1.165, 1.54) is 0 Å². The number of carbonyl (C=O) groups is 3. The Hall–Kier alpha value is -2.46. The van der Waals surface area contributed by atoms with Gasteiger partial charge < -0.3 is 9.47 Å². The van der Waals surface area contributed by atoms with Crippen LogP contribution in [0.1, 0.15) is 168 Å². The molecule has 0 saturated carbocycles. The molecule has 56 heavy (non-hydrogen) atoms. The van der Waals surface area contributed by atoms with Crippen molar-refractivity contribution < 1.29 is 41.9 Å². The highest BCUT2D eigenvalue weighted by Gasteiger charge is 2.59. The first-order chi connectivity index (χ1) is 25.1. The average Bonchev–Trinajstić information content (AvgIpc) is 3.06. The zero-order chi connectivity index (χ0) is 43.7. The van der Waals surface area contributed by atoms with Crippen molar-refractivity contribution in [1.29, 1.82) is 0 Å². The van der Waals surface area contributed by atoms with Crippen LogP contribution in [0, 0.1) is 38.9 Å². The molecule has 0 amide bonds. The molecule has 1 aliphatic rings. The number of ketones is 1. The number of Topliss-reactive ketones (excluding diaryl/α,β-unsaturated/α-hetero) is 1. The van der Waals surface area contributed by atoms with E-state index in [4.69, 9.17) is 14.3 Å². The van der Waals surface area contributed by atoms with Gasteiger partial charge in [0.25, 0.3) is 0 Å². The van der Waals surface area contributed by atoms with Crippen LogP contribution in [0.15, 0.2) is 30.3 Å². The average molecular weight is 796 g/mol. The van der Waals surface area contributed by atoms with Crippen molar-refractivity contribution in [3.8, 4) is 0 Å². The van der Waals surface area contributed by atoms with E-state index in [1.807, 2.05) is 120 Å². The summed E-state index contributed by atoms with van der Waals surface area (Å²) in [5, 5.41) is 1.93. The van der Waals surface area contributed by atoms with Crippen molar-refractivity contribution in [2.75, 3.05) is 13.2 Å². The van der Waals surface area contributed by atoms with Gasteiger partial charge in [-0.25, -0.2) is 0 Å². The predicted molar refractivity (Wildman–Crippen MR) is 218 cm³/mol. The van der Waals surface area contributed by atoms with Gasteiger partial charge in [0.2, 0.25) is 0 Å². The number of hydroxylamine groups is 2. The first-order valence-corrected chi connectivity index (χ1v) is 20.6.